The number of pyridine rings is 1. The summed E-state index contributed by atoms with van der Waals surface area (Å²) in [5, 5.41) is 23.9. The standard InChI is InChI=1S/C22H27N3O4/c1-14(24-13-18(26)15-6-5-9-23-11-15)10-16-12-25-20-17(16)7-4-8-19(20)29-22(2,3)21(27)28/h4-9,11-12,14,18,24-26H,10,13H2,1-3H3,(H,27,28)/t14-,18+/m1/s1. The van der Waals surface area contributed by atoms with E-state index in [1.807, 2.05) is 24.4 Å². The third-order valence-electron chi connectivity index (χ3n) is 4.90. The van der Waals surface area contributed by atoms with Crippen molar-refractivity contribution in [2.75, 3.05) is 6.54 Å². The number of rotatable bonds is 9. The first-order valence-electron chi connectivity index (χ1n) is 9.60. The molecule has 2 heterocycles. The van der Waals surface area contributed by atoms with Gasteiger partial charge in [0.05, 0.1) is 11.6 Å². The molecule has 0 spiro atoms. The molecule has 2 aromatic heterocycles. The van der Waals surface area contributed by atoms with Crippen LogP contribution in [-0.2, 0) is 11.2 Å². The first-order chi connectivity index (χ1) is 13.8. The molecule has 0 unspecified atom stereocenters. The molecule has 7 nitrogen and oxygen atoms in total. The van der Waals surface area contributed by atoms with Crippen molar-refractivity contribution in [2.45, 2.75) is 44.9 Å². The molecule has 0 bridgehead atoms. The summed E-state index contributed by atoms with van der Waals surface area (Å²) in [4.78, 5) is 18.6. The highest BCUT2D eigenvalue weighted by atomic mass is 16.5. The number of aromatic nitrogens is 2. The average molecular weight is 397 g/mol. The van der Waals surface area contributed by atoms with Gasteiger partial charge in [-0.1, -0.05) is 18.2 Å². The van der Waals surface area contributed by atoms with E-state index in [-0.39, 0.29) is 6.04 Å². The van der Waals surface area contributed by atoms with E-state index >= 15 is 0 Å². The van der Waals surface area contributed by atoms with Crippen molar-refractivity contribution in [3.05, 3.63) is 60.0 Å². The number of aliphatic carboxylic acids is 1. The van der Waals surface area contributed by atoms with Crippen molar-refractivity contribution in [3.8, 4) is 5.75 Å². The van der Waals surface area contributed by atoms with Crippen LogP contribution >= 0.6 is 0 Å². The van der Waals surface area contributed by atoms with Gasteiger partial charge in [-0.05, 0) is 44.9 Å². The van der Waals surface area contributed by atoms with Gasteiger partial charge in [-0.25, -0.2) is 4.79 Å². The molecular formula is C22H27N3O4. The lowest BCUT2D eigenvalue weighted by molar-refractivity contribution is -0.152. The highest BCUT2D eigenvalue weighted by Crippen LogP contribution is 2.30. The molecule has 0 amide bonds. The highest BCUT2D eigenvalue weighted by Gasteiger charge is 2.30. The molecule has 7 heteroatoms. The van der Waals surface area contributed by atoms with Gasteiger partial charge in [0.2, 0.25) is 0 Å². The number of ether oxygens (including phenoxy) is 1. The van der Waals surface area contributed by atoms with Crippen LogP contribution < -0.4 is 10.1 Å². The second kappa shape index (κ2) is 8.63. The minimum absolute atomic E-state index is 0.125. The Morgan fingerprint density at radius 1 is 1.31 bits per heavy atom. The third kappa shape index (κ3) is 4.93. The Balaban J connectivity index is 1.67. The molecule has 3 rings (SSSR count). The molecule has 0 aliphatic heterocycles. The van der Waals surface area contributed by atoms with Gasteiger partial charge in [-0.15, -0.1) is 0 Å². The van der Waals surface area contributed by atoms with Crippen molar-refractivity contribution < 1.29 is 19.7 Å². The number of aliphatic hydroxyl groups is 1. The number of fused-ring (bicyclic) bond motifs is 1. The molecule has 2 atom stereocenters. The molecule has 0 saturated heterocycles. The molecule has 3 aromatic rings. The lowest BCUT2D eigenvalue weighted by Gasteiger charge is -2.22. The zero-order valence-electron chi connectivity index (χ0n) is 16.8. The molecule has 0 saturated carbocycles. The van der Waals surface area contributed by atoms with Crippen molar-refractivity contribution in [1.29, 1.82) is 0 Å². The molecular weight excluding hydrogens is 370 g/mol. The quantitative estimate of drug-likeness (QED) is 0.442. The number of carboxylic acid groups (broad SMARTS) is 1. The lowest BCUT2D eigenvalue weighted by Crippen LogP contribution is -2.37. The van der Waals surface area contributed by atoms with E-state index in [2.05, 4.69) is 22.2 Å². The maximum Gasteiger partial charge on any atom is 0.347 e. The van der Waals surface area contributed by atoms with E-state index in [0.29, 0.717) is 12.3 Å². The summed E-state index contributed by atoms with van der Waals surface area (Å²) >= 11 is 0. The molecule has 0 aliphatic carbocycles. The van der Waals surface area contributed by atoms with Crippen LogP contribution in [0.15, 0.2) is 48.9 Å². The average Bonchev–Trinajstić information content (AvgIpc) is 3.10. The first-order valence-corrected chi connectivity index (χ1v) is 9.60. The van der Waals surface area contributed by atoms with Crippen LogP contribution in [0, 0.1) is 0 Å². The topological polar surface area (TPSA) is 107 Å². The smallest absolute Gasteiger partial charge is 0.347 e. The number of aromatic amines is 1. The van der Waals surface area contributed by atoms with Crippen LogP contribution in [0.3, 0.4) is 0 Å². The fourth-order valence-electron chi connectivity index (χ4n) is 3.16. The minimum atomic E-state index is -1.32. The number of H-pyrrole nitrogens is 1. The van der Waals surface area contributed by atoms with Crippen molar-refractivity contribution in [1.82, 2.24) is 15.3 Å². The maximum atomic E-state index is 11.4. The van der Waals surface area contributed by atoms with Crippen LogP contribution in [0.4, 0.5) is 0 Å². The summed E-state index contributed by atoms with van der Waals surface area (Å²) in [6, 6.07) is 9.39. The second-order valence-corrected chi connectivity index (χ2v) is 7.73. The Morgan fingerprint density at radius 3 is 2.79 bits per heavy atom. The van der Waals surface area contributed by atoms with Crippen molar-refractivity contribution in [3.63, 3.8) is 0 Å². The van der Waals surface area contributed by atoms with Crippen LogP contribution in [-0.4, -0.2) is 44.3 Å². The number of nitrogens with zero attached hydrogens (tertiary/aromatic N) is 1. The predicted octanol–water partition coefficient (Wildman–Crippen LogP) is 3.06. The first kappa shape index (κ1) is 20.8. The van der Waals surface area contributed by atoms with E-state index in [9.17, 15) is 15.0 Å². The van der Waals surface area contributed by atoms with Crippen LogP contribution in [0.2, 0.25) is 0 Å². The number of aliphatic hydroxyl groups excluding tert-OH is 1. The fourth-order valence-corrected chi connectivity index (χ4v) is 3.16. The Morgan fingerprint density at radius 2 is 2.10 bits per heavy atom. The summed E-state index contributed by atoms with van der Waals surface area (Å²) in [6.45, 7) is 5.54. The molecule has 154 valence electrons. The number of carbonyl (C=O) groups is 1. The largest absolute Gasteiger partial charge is 0.478 e. The van der Waals surface area contributed by atoms with Gasteiger partial charge in [0.1, 0.15) is 5.75 Å². The minimum Gasteiger partial charge on any atom is -0.478 e. The van der Waals surface area contributed by atoms with Gasteiger partial charge >= 0.3 is 5.97 Å². The molecule has 0 aliphatic rings. The SMILES string of the molecule is C[C@H](Cc1c[nH]c2c(OC(C)(C)C(=O)O)cccc12)NC[C@H](O)c1cccnc1. The summed E-state index contributed by atoms with van der Waals surface area (Å²) in [5.41, 5.74) is 1.33. The Hall–Kier alpha value is -2.90. The van der Waals surface area contributed by atoms with Crippen molar-refractivity contribution in [2.24, 2.45) is 0 Å². The van der Waals surface area contributed by atoms with Crippen LogP contribution in [0.5, 0.6) is 5.75 Å². The van der Waals surface area contributed by atoms with Gasteiger partial charge in [0.25, 0.3) is 0 Å². The van der Waals surface area contributed by atoms with Crippen molar-refractivity contribution >= 4 is 16.9 Å². The predicted molar refractivity (Wildman–Crippen MR) is 111 cm³/mol. The molecule has 0 radical (unpaired) electrons. The summed E-state index contributed by atoms with van der Waals surface area (Å²) in [6.07, 6.45) is 5.38. The maximum absolute atomic E-state index is 11.4. The molecule has 29 heavy (non-hydrogen) atoms. The van der Waals surface area contributed by atoms with E-state index in [1.54, 1.807) is 24.5 Å². The van der Waals surface area contributed by atoms with E-state index in [0.717, 1.165) is 28.5 Å². The van der Waals surface area contributed by atoms with E-state index in [1.165, 1.54) is 13.8 Å². The van der Waals surface area contributed by atoms with Gasteiger partial charge in [-0.2, -0.15) is 0 Å². The number of nitrogens with one attached hydrogen (secondary N) is 2. The van der Waals surface area contributed by atoms with Gasteiger partial charge in [0, 0.05) is 42.1 Å². The Labute approximate surface area is 169 Å². The van der Waals surface area contributed by atoms with E-state index in [4.69, 9.17) is 4.74 Å². The summed E-state index contributed by atoms with van der Waals surface area (Å²) in [5.74, 6) is -0.514. The second-order valence-electron chi connectivity index (χ2n) is 7.73. The number of hydrogen-bond donors (Lipinski definition) is 4. The number of para-hydroxylation sites is 1. The normalized spacial score (nSPS) is 13.9. The summed E-state index contributed by atoms with van der Waals surface area (Å²) < 4.78 is 5.74. The number of hydrogen-bond acceptors (Lipinski definition) is 5. The number of benzene rings is 1. The zero-order chi connectivity index (χ0) is 21.0. The number of carboxylic acids is 1. The zero-order valence-corrected chi connectivity index (χ0v) is 16.8. The van der Waals surface area contributed by atoms with Gasteiger partial charge in [-0.3, -0.25) is 4.98 Å². The van der Waals surface area contributed by atoms with Gasteiger partial charge < -0.3 is 25.3 Å². The van der Waals surface area contributed by atoms with E-state index < -0.39 is 17.7 Å². The molecule has 0 fully saturated rings. The van der Waals surface area contributed by atoms with Crippen LogP contribution in [0.1, 0.15) is 38.0 Å². The third-order valence-corrected chi connectivity index (χ3v) is 4.90. The Kier molecular flexibility index (Phi) is 6.20. The lowest BCUT2D eigenvalue weighted by atomic mass is 10.0. The molecule has 1 aromatic carbocycles. The highest BCUT2D eigenvalue weighted by molar-refractivity contribution is 5.89. The van der Waals surface area contributed by atoms with Crippen LogP contribution in [0.25, 0.3) is 10.9 Å². The Bertz CT molecular complexity index is 969. The summed E-state index contributed by atoms with van der Waals surface area (Å²) in [7, 11) is 0. The fraction of sp³-hybridized carbons (Fsp3) is 0.364. The monoisotopic (exact) mass is 397 g/mol. The van der Waals surface area contributed by atoms with Gasteiger partial charge in [0.15, 0.2) is 5.60 Å². The molecule has 4 N–H and O–H groups in total.